The number of benzene rings is 2. The Bertz CT molecular complexity index is 1580. The molecule has 3 aliphatic rings. The number of rotatable bonds is 4. The number of aliphatic hydroxyl groups excluding tert-OH is 1. The average Bonchev–Trinajstić information content (AvgIpc) is 3.64. The molecule has 3 atom stereocenters. The van der Waals surface area contributed by atoms with Crippen molar-refractivity contribution in [2.24, 2.45) is 0 Å². The highest BCUT2D eigenvalue weighted by atomic mass is 35.5. The molecule has 3 unspecified atom stereocenters. The van der Waals surface area contributed by atoms with Crippen LogP contribution in [0.2, 0.25) is 5.02 Å². The van der Waals surface area contributed by atoms with Gasteiger partial charge in [0.05, 0.1) is 15.2 Å². The lowest BCUT2D eigenvalue weighted by Crippen LogP contribution is -2.51. The third-order valence-electron chi connectivity index (χ3n) is 7.76. The van der Waals surface area contributed by atoms with Crippen LogP contribution in [-0.2, 0) is 0 Å². The highest BCUT2D eigenvalue weighted by molar-refractivity contribution is 7.22. The summed E-state index contributed by atoms with van der Waals surface area (Å²) in [6, 6.07) is 5.32. The monoisotopic (exact) mass is 589 g/mol. The molecule has 212 valence electrons. The molecule has 13 heteroatoms. The maximum absolute atomic E-state index is 16.5. The van der Waals surface area contributed by atoms with Crippen molar-refractivity contribution in [1.82, 2.24) is 25.2 Å². The van der Waals surface area contributed by atoms with Gasteiger partial charge in [-0.2, -0.15) is 9.97 Å². The van der Waals surface area contributed by atoms with E-state index in [1.807, 2.05) is 7.05 Å². The van der Waals surface area contributed by atoms with Crippen molar-refractivity contribution in [3.8, 4) is 17.1 Å². The lowest BCUT2D eigenvalue weighted by molar-refractivity contribution is 0.192. The highest BCUT2D eigenvalue weighted by Gasteiger charge is 2.35. The molecule has 0 amide bonds. The fourth-order valence-electron chi connectivity index (χ4n) is 6.00. The molecule has 4 aromatic rings. The molecule has 5 heterocycles. The van der Waals surface area contributed by atoms with Crippen molar-refractivity contribution in [3.63, 3.8) is 0 Å². The molecular formula is C27H30ClF2N7O2S. The fraction of sp³-hybridized carbons (Fsp3) is 0.444. The lowest BCUT2D eigenvalue weighted by atomic mass is 10.0. The normalized spacial score (nSPS) is 22.6. The predicted molar refractivity (Wildman–Crippen MR) is 154 cm³/mol. The van der Waals surface area contributed by atoms with Crippen molar-refractivity contribution in [2.45, 2.75) is 37.5 Å². The van der Waals surface area contributed by atoms with Crippen LogP contribution in [0.15, 0.2) is 18.2 Å². The Kier molecular flexibility index (Phi) is 7.38. The van der Waals surface area contributed by atoms with Crippen LogP contribution in [0.3, 0.4) is 0 Å². The standard InChI is InChI=1S/C26H26ClF2N7OS.CH4O/c1-35-7-6-14(11-35)37-26-33-21-16(24(34-26)36-9-12-2-3-13(10-36)31-12)8-17(27)19(20(21)29)15-4-5-18(28)23-22(15)32-25(30)38-23;1-2/h4-5,8,12-14,31H,2-3,6-7,9-11H2,1H3,(H2,30,32);2H,1H3. The lowest BCUT2D eigenvalue weighted by Gasteiger charge is -2.34. The van der Waals surface area contributed by atoms with Gasteiger partial charge in [-0.1, -0.05) is 22.9 Å². The van der Waals surface area contributed by atoms with Crippen LogP contribution in [0.4, 0.5) is 19.7 Å². The van der Waals surface area contributed by atoms with Gasteiger partial charge in [-0.3, -0.25) is 0 Å². The average molecular weight is 590 g/mol. The van der Waals surface area contributed by atoms with E-state index in [-0.39, 0.29) is 43.6 Å². The van der Waals surface area contributed by atoms with Gasteiger partial charge in [-0.25, -0.2) is 13.8 Å². The number of ether oxygens (including phenoxy) is 1. The summed E-state index contributed by atoms with van der Waals surface area (Å²) in [5.41, 5.74) is 6.72. The predicted octanol–water partition coefficient (Wildman–Crippen LogP) is 4.05. The molecule has 2 aromatic carbocycles. The van der Waals surface area contributed by atoms with E-state index >= 15 is 4.39 Å². The largest absolute Gasteiger partial charge is 0.459 e. The first kappa shape index (κ1) is 27.3. The minimum atomic E-state index is -0.623. The Hall–Kier alpha value is -2.90. The van der Waals surface area contributed by atoms with E-state index in [2.05, 4.69) is 25.1 Å². The van der Waals surface area contributed by atoms with Crippen LogP contribution in [0.1, 0.15) is 19.3 Å². The molecule has 0 spiro atoms. The maximum Gasteiger partial charge on any atom is 0.319 e. The van der Waals surface area contributed by atoms with E-state index in [9.17, 15) is 4.39 Å². The van der Waals surface area contributed by atoms with E-state index < -0.39 is 11.6 Å². The summed E-state index contributed by atoms with van der Waals surface area (Å²) < 4.78 is 37.4. The summed E-state index contributed by atoms with van der Waals surface area (Å²) in [6.07, 6.45) is 2.96. The smallest absolute Gasteiger partial charge is 0.319 e. The van der Waals surface area contributed by atoms with Crippen LogP contribution in [0, 0.1) is 11.6 Å². The number of nitrogens with two attached hydrogens (primary N) is 1. The number of aromatic nitrogens is 3. The topological polar surface area (TPSA) is 113 Å². The van der Waals surface area contributed by atoms with E-state index in [0.717, 1.165) is 63.9 Å². The second kappa shape index (κ2) is 10.8. The molecular weight excluding hydrogens is 560 g/mol. The zero-order valence-corrected chi connectivity index (χ0v) is 23.7. The van der Waals surface area contributed by atoms with Gasteiger partial charge in [-0.05, 0) is 44.5 Å². The first-order valence-corrected chi connectivity index (χ1v) is 14.4. The molecule has 7 rings (SSSR count). The first-order chi connectivity index (χ1) is 19.3. The molecule has 2 bridgehead atoms. The summed E-state index contributed by atoms with van der Waals surface area (Å²) in [4.78, 5) is 18.0. The number of piperazine rings is 1. The number of fused-ring (bicyclic) bond motifs is 4. The molecule has 3 fully saturated rings. The summed E-state index contributed by atoms with van der Waals surface area (Å²) >= 11 is 7.77. The highest BCUT2D eigenvalue weighted by Crippen LogP contribution is 2.43. The third-order valence-corrected chi connectivity index (χ3v) is 8.95. The molecule has 0 radical (unpaired) electrons. The minimum absolute atomic E-state index is 0.0750. The van der Waals surface area contributed by atoms with Crippen LogP contribution >= 0.6 is 22.9 Å². The van der Waals surface area contributed by atoms with E-state index in [1.54, 1.807) is 6.07 Å². The van der Waals surface area contributed by atoms with Crippen LogP contribution < -0.4 is 20.7 Å². The van der Waals surface area contributed by atoms with Crippen molar-refractivity contribution in [1.29, 1.82) is 0 Å². The number of anilines is 2. The van der Waals surface area contributed by atoms with Gasteiger partial charge in [0.25, 0.3) is 0 Å². The van der Waals surface area contributed by atoms with Crippen molar-refractivity contribution < 1.29 is 18.6 Å². The second-order valence-electron chi connectivity index (χ2n) is 10.4. The number of aliphatic hydroxyl groups is 1. The summed E-state index contributed by atoms with van der Waals surface area (Å²) in [6.45, 7) is 3.18. The van der Waals surface area contributed by atoms with Gasteiger partial charge in [0.2, 0.25) is 0 Å². The number of likely N-dealkylation sites (tertiary alicyclic amines) is 1. The number of thiazole rings is 1. The number of nitrogen functional groups attached to an aromatic ring is 1. The fourth-order valence-corrected chi connectivity index (χ4v) is 7.06. The van der Waals surface area contributed by atoms with Crippen LogP contribution in [-0.4, -0.2) is 83.5 Å². The number of nitrogens with zero attached hydrogens (tertiary/aromatic N) is 5. The third kappa shape index (κ3) is 4.81. The number of halogens is 3. The molecule has 4 N–H and O–H groups in total. The maximum atomic E-state index is 16.5. The molecule has 0 saturated carbocycles. The molecule has 2 aromatic heterocycles. The van der Waals surface area contributed by atoms with Gasteiger partial charge in [-0.15, -0.1) is 0 Å². The summed E-state index contributed by atoms with van der Waals surface area (Å²) in [5, 5.41) is 11.5. The summed E-state index contributed by atoms with van der Waals surface area (Å²) in [7, 11) is 3.04. The number of hydrogen-bond donors (Lipinski definition) is 3. The van der Waals surface area contributed by atoms with E-state index in [4.69, 9.17) is 32.2 Å². The molecule has 3 saturated heterocycles. The van der Waals surface area contributed by atoms with Gasteiger partial charge < -0.3 is 30.7 Å². The molecule has 3 aliphatic heterocycles. The first-order valence-electron chi connectivity index (χ1n) is 13.2. The second-order valence-corrected chi connectivity index (χ2v) is 11.9. The molecule has 0 aliphatic carbocycles. The Morgan fingerprint density at radius 3 is 2.52 bits per heavy atom. The van der Waals surface area contributed by atoms with Crippen molar-refractivity contribution >= 4 is 55.0 Å². The van der Waals surface area contributed by atoms with Gasteiger partial charge >= 0.3 is 6.01 Å². The van der Waals surface area contributed by atoms with Gasteiger partial charge in [0.15, 0.2) is 10.9 Å². The molecule has 9 nitrogen and oxygen atoms in total. The Balaban J connectivity index is 0.00000142. The Morgan fingerprint density at radius 2 is 1.82 bits per heavy atom. The van der Waals surface area contributed by atoms with E-state index in [1.165, 1.54) is 12.1 Å². The summed E-state index contributed by atoms with van der Waals surface area (Å²) in [5.74, 6) is -0.475. The zero-order valence-electron chi connectivity index (χ0n) is 22.1. The SMILES string of the molecule is CN1CCC(Oc2nc(N3CC4CCC(C3)N4)c3cc(Cl)c(-c4ccc(F)c5sc(N)nc45)c(F)c3n2)C1.CO. The van der Waals surface area contributed by atoms with Crippen LogP contribution in [0.5, 0.6) is 6.01 Å². The number of nitrogens with one attached hydrogen (secondary N) is 1. The zero-order chi connectivity index (χ0) is 28.1. The quantitative estimate of drug-likeness (QED) is 0.324. The van der Waals surface area contributed by atoms with Crippen molar-refractivity contribution in [2.75, 3.05) is 51.0 Å². The van der Waals surface area contributed by atoms with Gasteiger partial charge in [0, 0.05) is 61.9 Å². The number of hydrogen-bond acceptors (Lipinski definition) is 10. The number of likely N-dealkylation sites (N-methyl/N-ethyl adjacent to an activating group) is 1. The minimum Gasteiger partial charge on any atom is -0.459 e. The van der Waals surface area contributed by atoms with Crippen LogP contribution in [0.25, 0.3) is 32.2 Å². The van der Waals surface area contributed by atoms with E-state index in [0.29, 0.717) is 28.9 Å². The van der Waals surface area contributed by atoms with Gasteiger partial charge in [0.1, 0.15) is 23.3 Å². The Morgan fingerprint density at radius 1 is 1.07 bits per heavy atom. The van der Waals surface area contributed by atoms with Crippen molar-refractivity contribution in [3.05, 3.63) is 34.9 Å². The Labute approximate surface area is 238 Å². The molecule has 40 heavy (non-hydrogen) atoms.